The van der Waals surface area contributed by atoms with Crippen molar-refractivity contribution in [1.29, 1.82) is 0 Å². The number of rotatable bonds is 7. The lowest BCUT2D eigenvalue weighted by atomic mass is 9.91. The lowest BCUT2D eigenvalue weighted by Crippen LogP contribution is -2.28. The Morgan fingerprint density at radius 1 is 0.958 bits per heavy atom. The fourth-order valence-electron chi connectivity index (χ4n) is 2.35. The Bertz CT molecular complexity index is 665. The highest BCUT2D eigenvalue weighted by molar-refractivity contribution is 7.78. The second kappa shape index (κ2) is 7.81. The number of carbonyl (C=O) groups is 1. The van der Waals surface area contributed by atoms with Crippen LogP contribution < -0.4 is 10.6 Å². The summed E-state index contributed by atoms with van der Waals surface area (Å²) in [7, 11) is -2.82. The maximum Gasteiger partial charge on any atom is 0.311 e. The zero-order valence-corrected chi connectivity index (χ0v) is 15.5. The standard InChI is InChI=1S/C20H25O3P/c1-4-20(2,3)19(21)23-15-16-24(22,17-11-7-5-8-12-17)18-13-9-6-10-14-18/h5-14H,4,15-16H2,1-3H3. The van der Waals surface area contributed by atoms with Crippen molar-refractivity contribution in [2.24, 2.45) is 5.41 Å². The van der Waals surface area contributed by atoms with Crippen LogP contribution >= 0.6 is 7.14 Å². The van der Waals surface area contributed by atoms with E-state index in [0.717, 1.165) is 10.6 Å². The summed E-state index contributed by atoms with van der Waals surface area (Å²) in [4.78, 5) is 12.1. The van der Waals surface area contributed by atoms with E-state index in [0.29, 0.717) is 12.6 Å². The molecule has 0 atom stereocenters. The van der Waals surface area contributed by atoms with Crippen LogP contribution in [0.25, 0.3) is 0 Å². The molecule has 0 aliphatic rings. The second-order valence-corrected chi connectivity index (χ2v) is 9.47. The van der Waals surface area contributed by atoms with Gasteiger partial charge in [-0.2, -0.15) is 0 Å². The van der Waals surface area contributed by atoms with E-state index in [1.165, 1.54) is 0 Å². The molecule has 2 aromatic carbocycles. The average Bonchev–Trinajstić information content (AvgIpc) is 2.62. The number of benzene rings is 2. The van der Waals surface area contributed by atoms with E-state index in [1.807, 2.05) is 81.4 Å². The molecule has 0 fully saturated rings. The zero-order valence-electron chi connectivity index (χ0n) is 14.6. The normalized spacial score (nSPS) is 12.0. The highest BCUT2D eigenvalue weighted by Crippen LogP contribution is 2.43. The van der Waals surface area contributed by atoms with E-state index >= 15 is 0 Å². The molecule has 2 aromatic rings. The monoisotopic (exact) mass is 344 g/mol. The molecule has 0 aliphatic heterocycles. The average molecular weight is 344 g/mol. The SMILES string of the molecule is CCC(C)(C)C(=O)OCCP(=O)(c1ccccc1)c1ccccc1. The van der Waals surface area contributed by atoms with Crippen LogP contribution in [0.3, 0.4) is 0 Å². The summed E-state index contributed by atoms with van der Waals surface area (Å²) in [6.45, 7) is 5.84. The smallest absolute Gasteiger partial charge is 0.311 e. The Morgan fingerprint density at radius 2 is 1.42 bits per heavy atom. The van der Waals surface area contributed by atoms with Crippen molar-refractivity contribution in [2.75, 3.05) is 12.8 Å². The van der Waals surface area contributed by atoms with Crippen molar-refractivity contribution in [3.8, 4) is 0 Å². The van der Waals surface area contributed by atoms with Gasteiger partial charge in [-0.25, -0.2) is 0 Å². The first-order valence-electron chi connectivity index (χ1n) is 8.27. The number of carbonyl (C=O) groups excluding carboxylic acids is 1. The molecule has 0 aliphatic carbocycles. The van der Waals surface area contributed by atoms with Gasteiger partial charge in [-0.05, 0) is 20.3 Å². The molecule has 4 heteroatoms. The summed E-state index contributed by atoms with van der Waals surface area (Å²) >= 11 is 0. The van der Waals surface area contributed by atoms with Gasteiger partial charge in [0.05, 0.1) is 12.0 Å². The minimum absolute atomic E-state index is 0.156. The molecule has 0 radical (unpaired) electrons. The van der Waals surface area contributed by atoms with Crippen LogP contribution in [-0.2, 0) is 14.1 Å². The summed E-state index contributed by atoms with van der Waals surface area (Å²) in [6.07, 6.45) is 1.02. The predicted molar refractivity (Wildman–Crippen MR) is 99.7 cm³/mol. The Balaban J connectivity index is 2.20. The molecule has 3 nitrogen and oxygen atoms in total. The Morgan fingerprint density at radius 3 is 1.83 bits per heavy atom. The largest absolute Gasteiger partial charge is 0.465 e. The lowest BCUT2D eigenvalue weighted by Gasteiger charge is -2.23. The van der Waals surface area contributed by atoms with Crippen LogP contribution in [0.5, 0.6) is 0 Å². The van der Waals surface area contributed by atoms with Gasteiger partial charge < -0.3 is 9.30 Å². The number of hydrogen-bond acceptors (Lipinski definition) is 3. The first-order chi connectivity index (χ1) is 11.4. The van der Waals surface area contributed by atoms with Gasteiger partial charge in [-0.3, -0.25) is 4.79 Å². The molecule has 0 bridgehead atoms. The van der Waals surface area contributed by atoms with E-state index in [-0.39, 0.29) is 12.6 Å². The maximum atomic E-state index is 13.7. The molecule has 0 saturated heterocycles. The van der Waals surface area contributed by atoms with Gasteiger partial charge in [-0.15, -0.1) is 0 Å². The van der Waals surface area contributed by atoms with Crippen molar-refractivity contribution in [3.63, 3.8) is 0 Å². The van der Waals surface area contributed by atoms with Crippen molar-refractivity contribution in [1.82, 2.24) is 0 Å². The predicted octanol–water partition coefficient (Wildman–Crippen LogP) is 3.98. The van der Waals surface area contributed by atoms with E-state index in [9.17, 15) is 9.36 Å². The fraction of sp³-hybridized carbons (Fsp3) is 0.350. The van der Waals surface area contributed by atoms with Gasteiger partial charge in [-0.1, -0.05) is 67.6 Å². The van der Waals surface area contributed by atoms with Crippen molar-refractivity contribution in [3.05, 3.63) is 60.7 Å². The number of ether oxygens (including phenoxy) is 1. The van der Waals surface area contributed by atoms with Crippen LogP contribution in [0.1, 0.15) is 27.2 Å². The van der Waals surface area contributed by atoms with Gasteiger partial charge in [0.2, 0.25) is 0 Å². The first-order valence-corrected chi connectivity index (χ1v) is 10.2. The van der Waals surface area contributed by atoms with Crippen LogP contribution in [0.2, 0.25) is 0 Å². The van der Waals surface area contributed by atoms with Crippen LogP contribution in [-0.4, -0.2) is 18.7 Å². The number of esters is 1. The third-order valence-corrected chi connectivity index (χ3v) is 7.50. The van der Waals surface area contributed by atoms with Crippen LogP contribution in [0.4, 0.5) is 0 Å². The third-order valence-electron chi connectivity index (χ3n) is 4.42. The Hall–Kier alpha value is -1.86. The van der Waals surface area contributed by atoms with E-state index in [1.54, 1.807) is 0 Å². The molecule has 128 valence electrons. The van der Waals surface area contributed by atoms with Gasteiger partial charge in [0.25, 0.3) is 0 Å². The van der Waals surface area contributed by atoms with E-state index in [4.69, 9.17) is 4.74 Å². The van der Waals surface area contributed by atoms with Crippen molar-refractivity contribution >= 4 is 23.7 Å². The summed E-state index contributed by atoms with van der Waals surface area (Å²) < 4.78 is 19.2. The molecule has 2 rings (SSSR count). The molecule has 0 aromatic heterocycles. The molecule has 0 heterocycles. The topological polar surface area (TPSA) is 43.4 Å². The second-order valence-electron chi connectivity index (χ2n) is 6.51. The molecule has 0 unspecified atom stereocenters. The lowest BCUT2D eigenvalue weighted by molar-refractivity contribution is -0.153. The molecular weight excluding hydrogens is 319 g/mol. The molecule has 0 saturated carbocycles. The minimum atomic E-state index is -2.82. The third kappa shape index (κ3) is 4.15. The quantitative estimate of drug-likeness (QED) is 0.564. The molecule has 0 amide bonds. The zero-order chi connectivity index (χ0) is 17.6. The van der Waals surface area contributed by atoms with Crippen LogP contribution in [0.15, 0.2) is 60.7 Å². The van der Waals surface area contributed by atoms with Gasteiger partial charge in [0.15, 0.2) is 0 Å². The molecule has 0 N–H and O–H groups in total. The van der Waals surface area contributed by atoms with Gasteiger partial charge in [0.1, 0.15) is 7.14 Å². The molecule has 24 heavy (non-hydrogen) atoms. The fourth-order valence-corrected chi connectivity index (χ4v) is 4.82. The minimum Gasteiger partial charge on any atom is -0.465 e. The van der Waals surface area contributed by atoms with Gasteiger partial charge >= 0.3 is 5.97 Å². The Kier molecular flexibility index (Phi) is 6.01. The highest BCUT2D eigenvalue weighted by Gasteiger charge is 2.30. The van der Waals surface area contributed by atoms with E-state index < -0.39 is 12.6 Å². The highest BCUT2D eigenvalue weighted by atomic mass is 31.2. The summed E-state index contributed by atoms with van der Waals surface area (Å²) in [6, 6.07) is 18.9. The summed E-state index contributed by atoms with van der Waals surface area (Å²) in [5.41, 5.74) is -0.510. The summed E-state index contributed by atoms with van der Waals surface area (Å²) in [5.74, 6) is -0.238. The van der Waals surface area contributed by atoms with Crippen LogP contribution in [0, 0.1) is 5.41 Å². The first kappa shape index (κ1) is 18.5. The molecular formula is C20H25O3P. The van der Waals surface area contributed by atoms with Crippen molar-refractivity contribution in [2.45, 2.75) is 27.2 Å². The summed E-state index contributed by atoms with van der Waals surface area (Å²) in [5, 5.41) is 1.59. The van der Waals surface area contributed by atoms with Gasteiger partial charge in [0, 0.05) is 16.8 Å². The van der Waals surface area contributed by atoms with Crippen molar-refractivity contribution < 1.29 is 14.1 Å². The van der Waals surface area contributed by atoms with E-state index in [2.05, 4.69) is 0 Å². The number of hydrogen-bond donors (Lipinski definition) is 0. The maximum absolute atomic E-state index is 13.7. The molecule has 0 spiro atoms. The Labute approximate surface area is 144 Å².